The molecule has 0 saturated heterocycles. The van der Waals surface area contributed by atoms with Gasteiger partial charge in [0, 0.05) is 10.6 Å². The Morgan fingerprint density at radius 2 is 1.92 bits per heavy atom. The Kier molecular flexibility index (Phi) is 5.57. The standard InChI is InChI=1S/C17H14ClN3O2S2/c1-10(15(22)20-21-16(23)11-5-3-2-4-6-11)24-17-19-13-9-12(18)7-8-14(13)25-17/h2-10H,1H3,(H,20,22)(H,21,23)/t10-/m0/s1. The molecule has 8 heteroatoms. The minimum absolute atomic E-state index is 0.299. The molecular formula is C17H14ClN3O2S2. The molecule has 2 N–H and O–H groups in total. The van der Waals surface area contributed by atoms with Gasteiger partial charge in [-0.05, 0) is 37.3 Å². The number of carbonyl (C=O) groups is 2. The first-order valence-electron chi connectivity index (χ1n) is 7.41. The van der Waals surface area contributed by atoms with E-state index in [2.05, 4.69) is 15.8 Å². The van der Waals surface area contributed by atoms with Gasteiger partial charge >= 0.3 is 0 Å². The molecule has 0 unspecified atom stereocenters. The summed E-state index contributed by atoms with van der Waals surface area (Å²) in [6.07, 6.45) is 0. The molecule has 0 saturated carbocycles. The fraction of sp³-hybridized carbons (Fsp3) is 0.118. The van der Waals surface area contributed by atoms with Gasteiger partial charge in [-0.25, -0.2) is 4.98 Å². The Labute approximate surface area is 157 Å². The molecule has 0 bridgehead atoms. The molecule has 0 aliphatic carbocycles. The van der Waals surface area contributed by atoms with E-state index in [1.807, 2.05) is 18.2 Å². The number of aromatic nitrogens is 1. The van der Waals surface area contributed by atoms with Crippen LogP contribution in [0, 0.1) is 0 Å². The maximum atomic E-state index is 12.2. The predicted molar refractivity (Wildman–Crippen MR) is 102 cm³/mol. The number of thioether (sulfide) groups is 1. The van der Waals surface area contributed by atoms with Crippen LogP contribution in [0.3, 0.4) is 0 Å². The van der Waals surface area contributed by atoms with Crippen LogP contribution in [0.15, 0.2) is 52.9 Å². The smallest absolute Gasteiger partial charge is 0.269 e. The minimum atomic E-state index is -0.410. The molecule has 2 amide bonds. The second-order valence-corrected chi connectivity index (χ2v) is 8.22. The Morgan fingerprint density at radius 3 is 2.68 bits per heavy atom. The van der Waals surface area contributed by atoms with Crippen molar-refractivity contribution < 1.29 is 9.59 Å². The summed E-state index contributed by atoms with van der Waals surface area (Å²) in [4.78, 5) is 28.6. The summed E-state index contributed by atoms with van der Waals surface area (Å²) in [6, 6.07) is 14.2. The van der Waals surface area contributed by atoms with Crippen molar-refractivity contribution in [3.05, 3.63) is 59.1 Å². The van der Waals surface area contributed by atoms with E-state index >= 15 is 0 Å². The van der Waals surface area contributed by atoms with Gasteiger partial charge in [0.15, 0.2) is 4.34 Å². The van der Waals surface area contributed by atoms with Crippen LogP contribution in [-0.4, -0.2) is 22.0 Å². The number of hydrogen-bond acceptors (Lipinski definition) is 5. The van der Waals surface area contributed by atoms with Gasteiger partial charge in [-0.1, -0.05) is 41.6 Å². The van der Waals surface area contributed by atoms with E-state index in [9.17, 15) is 9.59 Å². The molecular weight excluding hydrogens is 378 g/mol. The summed E-state index contributed by atoms with van der Waals surface area (Å²) in [7, 11) is 0. The van der Waals surface area contributed by atoms with Crippen molar-refractivity contribution in [2.45, 2.75) is 16.5 Å². The lowest BCUT2D eigenvalue weighted by molar-refractivity contribution is -0.121. The minimum Gasteiger partial charge on any atom is -0.272 e. The number of benzene rings is 2. The molecule has 0 aliphatic heterocycles. The maximum Gasteiger partial charge on any atom is 0.269 e. The molecule has 1 heterocycles. The van der Waals surface area contributed by atoms with Gasteiger partial charge < -0.3 is 0 Å². The molecule has 0 fully saturated rings. The van der Waals surface area contributed by atoms with Crippen molar-refractivity contribution in [2.75, 3.05) is 0 Å². The zero-order chi connectivity index (χ0) is 17.8. The molecule has 128 valence electrons. The van der Waals surface area contributed by atoms with Gasteiger partial charge in [-0.15, -0.1) is 11.3 Å². The maximum absolute atomic E-state index is 12.2. The summed E-state index contributed by atoms with van der Waals surface area (Å²) in [5, 5.41) is 0.218. The van der Waals surface area contributed by atoms with E-state index in [0.29, 0.717) is 10.6 Å². The van der Waals surface area contributed by atoms with Gasteiger partial charge in [-0.2, -0.15) is 0 Å². The molecule has 1 aromatic heterocycles. The van der Waals surface area contributed by atoms with E-state index < -0.39 is 5.25 Å². The molecule has 3 aromatic rings. The van der Waals surface area contributed by atoms with Gasteiger partial charge in [-0.3, -0.25) is 20.4 Å². The van der Waals surface area contributed by atoms with Crippen LogP contribution >= 0.6 is 34.7 Å². The number of fused-ring (bicyclic) bond motifs is 1. The van der Waals surface area contributed by atoms with Crippen LogP contribution in [0.5, 0.6) is 0 Å². The number of carbonyl (C=O) groups excluding carboxylic acids is 2. The van der Waals surface area contributed by atoms with E-state index in [1.165, 1.54) is 23.1 Å². The van der Waals surface area contributed by atoms with Gasteiger partial charge in [0.2, 0.25) is 0 Å². The third-order valence-electron chi connectivity index (χ3n) is 3.31. The molecule has 2 aromatic carbocycles. The van der Waals surface area contributed by atoms with Crippen LogP contribution < -0.4 is 10.9 Å². The first-order chi connectivity index (χ1) is 12.0. The zero-order valence-corrected chi connectivity index (χ0v) is 15.5. The summed E-state index contributed by atoms with van der Waals surface area (Å²) in [6.45, 7) is 1.76. The molecule has 0 spiro atoms. The summed E-state index contributed by atoms with van der Waals surface area (Å²) < 4.78 is 1.78. The SMILES string of the molecule is C[C@H](Sc1nc2cc(Cl)ccc2s1)C(=O)NNC(=O)c1ccccc1. The molecule has 25 heavy (non-hydrogen) atoms. The summed E-state index contributed by atoms with van der Waals surface area (Å²) in [5.74, 6) is -0.660. The Balaban J connectivity index is 1.57. The number of halogens is 1. The number of nitrogens with one attached hydrogen (secondary N) is 2. The van der Waals surface area contributed by atoms with E-state index in [-0.39, 0.29) is 11.8 Å². The molecule has 0 radical (unpaired) electrons. The van der Waals surface area contributed by atoms with Crippen LogP contribution in [0.4, 0.5) is 0 Å². The zero-order valence-electron chi connectivity index (χ0n) is 13.2. The third-order valence-corrected chi connectivity index (χ3v) is 5.78. The van der Waals surface area contributed by atoms with Crippen LogP contribution in [-0.2, 0) is 4.79 Å². The lowest BCUT2D eigenvalue weighted by Crippen LogP contribution is -2.44. The van der Waals surface area contributed by atoms with Gasteiger partial charge in [0.25, 0.3) is 11.8 Å². The van der Waals surface area contributed by atoms with Gasteiger partial charge in [0.1, 0.15) is 0 Å². The lowest BCUT2D eigenvalue weighted by Gasteiger charge is -2.11. The number of rotatable bonds is 4. The quantitative estimate of drug-likeness (QED) is 0.522. The topological polar surface area (TPSA) is 71.1 Å². The van der Waals surface area contributed by atoms with Crippen LogP contribution in [0.1, 0.15) is 17.3 Å². The molecule has 3 rings (SSSR count). The Hall–Kier alpha value is -2.09. The van der Waals surface area contributed by atoms with Crippen molar-refractivity contribution in [3.8, 4) is 0 Å². The van der Waals surface area contributed by atoms with Crippen molar-refractivity contribution in [1.82, 2.24) is 15.8 Å². The Bertz CT molecular complexity index is 915. The molecule has 5 nitrogen and oxygen atoms in total. The monoisotopic (exact) mass is 391 g/mol. The van der Waals surface area contributed by atoms with Crippen molar-refractivity contribution in [1.29, 1.82) is 0 Å². The van der Waals surface area contributed by atoms with Gasteiger partial charge in [0.05, 0.1) is 15.5 Å². The summed E-state index contributed by atoms with van der Waals surface area (Å²) in [5.41, 5.74) is 6.14. The van der Waals surface area contributed by atoms with Crippen LogP contribution in [0.25, 0.3) is 10.2 Å². The highest BCUT2D eigenvalue weighted by molar-refractivity contribution is 8.02. The largest absolute Gasteiger partial charge is 0.272 e. The van der Waals surface area contributed by atoms with Crippen molar-refractivity contribution >= 4 is 56.7 Å². The normalized spacial score (nSPS) is 11.9. The average Bonchev–Trinajstić information content (AvgIpc) is 3.01. The average molecular weight is 392 g/mol. The van der Waals surface area contributed by atoms with Crippen molar-refractivity contribution in [2.24, 2.45) is 0 Å². The number of hydrogen-bond donors (Lipinski definition) is 2. The fourth-order valence-electron chi connectivity index (χ4n) is 2.02. The lowest BCUT2D eigenvalue weighted by atomic mass is 10.2. The second-order valence-electron chi connectivity index (χ2n) is 5.16. The van der Waals surface area contributed by atoms with E-state index in [0.717, 1.165) is 14.6 Å². The van der Waals surface area contributed by atoms with E-state index in [4.69, 9.17) is 11.6 Å². The number of thiazole rings is 1. The molecule has 1 atom stereocenters. The second kappa shape index (κ2) is 7.86. The highest BCUT2D eigenvalue weighted by Gasteiger charge is 2.17. The number of nitrogens with zero attached hydrogens (tertiary/aromatic N) is 1. The predicted octanol–water partition coefficient (Wildman–Crippen LogP) is 3.89. The Morgan fingerprint density at radius 1 is 1.16 bits per heavy atom. The summed E-state index contributed by atoms with van der Waals surface area (Å²) >= 11 is 8.79. The van der Waals surface area contributed by atoms with Crippen LogP contribution in [0.2, 0.25) is 5.02 Å². The van der Waals surface area contributed by atoms with Crippen molar-refractivity contribution in [3.63, 3.8) is 0 Å². The highest BCUT2D eigenvalue weighted by atomic mass is 35.5. The number of hydrazine groups is 1. The first kappa shape index (κ1) is 17.7. The highest BCUT2D eigenvalue weighted by Crippen LogP contribution is 2.33. The number of amides is 2. The first-order valence-corrected chi connectivity index (χ1v) is 9.48. The van der Waals surface area contributed by atoms with E-state index in [1.54, 1.807) is 37.3 Å². The fourth-order valence-corrected chi connectivity index (χ4v) is 4.37. The molecule has 0 aliphatic rings. The third kappa shape index (κ3) is 4.50.